The maximum absolute atomic E-state index is 10.2. The minimum Gasteiger partial charge on any atom is -0.491 e. The smallest absolute Gasteiger partial charge is 0.119 e. The van der Waals surface area contributed by atoms with Crippen molar-refractivity contribution in [1.82, 2.24) is 9.80 Å². The van der Waals surface area contributed by atoms with Crippen LogP contribution in [0.15, 0.2) is 24.3 Å². The largest absolute Gasteiger partial charge is 0.491 e. The molecule has 0 spiro atoms. The summed E-state index contributed by atoms with van der Waals surface area (Å²) in [4.78, 5) is 4.50. The molecule has 1 aromatic rings. The molecule has 1 saturated heterocycles. The van der Waals surface area contributed by atoms with Crippen molar-refractivity contribution in [1.29, 1.82) is 0 Å². The lowest BCUT2D eigenvalue weighted by Crippen LogP contribution is -2.49. The maximum Gasteiger partial charge on any atom is 0.119 e. The van der Waals surface area contributed by atoms with Crippen LogP contribution in [0.5, 0.6) is 5.75 Å². The first kappa shape index (κ1) is 19.2. The summed E-state index contributed by atoms with van der Waals surface area (Å²) in [6.07, 6.45) is -0.489. The molecule has 1 aromatic carbocycles. The van der Waals surface area contributed by atoms with Gasteiger partial charge in [0.2, 0.25) is 0 Å². The van der Waals surface area contributed by atoms with Gasteiger partial charge in [-0.15, -0.1) is 0 Å². The Hall–Kier alpha value is -1.14. The number of rotatable bonds is 7. The first-order chi connectivity index (χ1) is 11.4. The molecule has 0 amide bonds. The van der Waals surface area contributed by atoms with Crippen molar-refractivity contribution >= 4 is 0 Å². The Morgan fingerprint density at radius 3 is 2.17 bits per heavy atom. The van der Waals surface area contributed by atoms with Gasteiger partial charge in [0.25, 0.3) is 0 Å². The van der Waals surface area contributed by atoms with Crippen LogP contribution in [0.4, 0.5) is 0 Å². The number of aliphatic hydroxyl groups excluding tert-OH is 2. The van der Waals surface area contributed by atoms with Gasteiger partial charge in [0.05, 0.1) is 6.61 Å². The summed E-state index contributed by atoms with van der Waals surface area (Å²) in [5, 5.41) is 19.2. The average Bonchev–Trinajstić information content (AvgIpc) is 2.55. The van der Waals surface area contributed by atoms with Crippen LogP contribution in [0, 0.1) is 0 Å². The van der Waals surface area contributed by atoms with E-state index in [-0.39, 0.29) is 12.0 Å². The van der Waals surface area contributed by atoms with Gasteiger partial charge in [0.15, 0.2) is 0 Å². The Morgan fingerprint density at radius 2 is 1.62 bits per heavy atom. The van der Waals surface area contributed by atoms with E-state index in [1.807, 2.05) is 12.1 Å². The van der Waals surface area contributed by atoms with E-state index in [0.717, 1.165) is 38.5 Å². The number of piperazine rings is 1. The number of β-amino-alcohol motifs (C(OH)–C–C–N with tert-alkyl or cyclic N) is 2. The van der Waals surface area contributed by atoms with E-state index in [1.165, 1.54) is 5.56 Å². The summed E-state index contributed by atoms with van der Waals surface area (Å²) in [6.45, 7) is 12.2. The quantitative estimate of drug-likeness (QED) is 0.787. The van der Waals surface area contributed by atoms with Crippen LogP contribution in [0.25, 0.3) is 0 Å². The topological polar surface area (TPSA) is 56.2 Å². The summed E-state index contributed by atoms with van der Waals surface area (Å²) in [5.74, 6) is 0.801. The molecule has 1 atom stereocenters. The van der Waals surface area contributed by atoms with Crippen molar-refractivity contribution in [2.45, 2.75) is 32.3 Å². The van der Waals surface area contributed by atoms with E-state index >= 15 is 0 Å². The lowest BCUT2D eigenvalue weighted by molar-refractivity contribution is 0.0428. The van der Waals surface area contributed by atoms with Gasteiger partial charge in [-0.3, -0.25) is 9.80 Å². The fourth-order valence-electron chi connectivity index (χ4n) is 2.93. The molecule has 0 bridgehead atoms. The highest BCUT2D eigenvalue weighted by molar-refractivity contribution is 5.31. The highest BCUT2D eigenvalue weighted by Gasteiger charge is 2.19. The van der Waals surface area contributed by atoms with E-state index in [9.17, 15) is 5.11 Å². The third kappa shape index (κ3) is 6.06. The van der Waals surface area contributed by atoms with Crippen LogP contribution < -0.4 is 4.74 Å². The molecule has 0 radical (unpaired) electrons. The van der Waals surface area contributed by atoms with Crippen LogP contribution in [-0.2, 0) is 5.41 Å². The predicted molar refractivity (Wildman–Crippen MR) is 96.6 cm³/mol. The lowest BCUT2D eigenvalue weighted by Gasteiger charge is -2.35. The van der Waals surface area contributed by atoms with Gasteiger partial charge in [-0.1, -0.05) is 32.9 Å². The van der Waals surface area contributed by atoms with Gasteiger partial charge in [-0.05, 0) is 23.1 Å². The van der Waals surface area contributed by atoms with Gasteiger partial charge in [-0.25, -0.2) is 0 Å². The van der Waals surface area contributed by atoms with E-state index in [4.69, 9.17) is 9.84 Å². The Labute approximate surface area is 145 Å². The number of hydrogen-bond acceptors (Lipinski definition) is 5. The molecule has 0 aliphatic carbocycles. The maximum atomic E-state index is 10.2. The number of hydrogen-bond donors (Lipinski definition) is 2. The molecule has 0 unspecified atom stereocenters. The SMILES string of the molecule is CC(C)(C)c1ccc(OC[C@@H](O)CN2CCN(CCO)CC2)cc1. The molecule has 2 N–H and O–H groups in total. The van der Waals surface area contributed by atoms with E-state index < -0.39 is 6.10 Å². The Bertz CT molecular complexity index is 476. The molecule has 0 saturated carbocycles. The normalized spacial score (nSPS) is 18.5. The molecule has 1 aliphatic rings. The zero-order valence-corrected chi connectivity index (χ0v) is 15.2. The van der Waals surface area contributed by atoms with Crippen molar-refractivity contribution < 1.29 is 14.9 Å². The van der Waals surface area contributed by atoms with Crippen LogP contribution >= 0.6 is 0 Å². The summed E-state index contributed by atoms with van der Waals surface area (Å²) in [6, 6.07) is 8.12. The zero-order chi connectivity index (χ0) is 17.6. The molecule has 24 heavy (non-hydrogen) atoms. The summed E-state index contributed by atoms with van der Waals surface area (Å²) in [5.41, 5.74) is 1.41. The zero-order valence-electron chi connectivity index (χ0n) is 15.2. The minimum atomic E-state index is -0.489. The molecule has 0 aromatic heterocycles. The Balaban J connectivity index is 1.71. The van der Waals surface area contributed by atoms with E-state index in [0.29, 0.717) is 13.2 Å². The number of nitrogens with zero attached hydrogens (tertiary/aromatic N) is 2. The third-order valence-electron chi connectivity index (χ3n) is 4.51. The second-order valence-electron chi connectivity index (χ2n) is 7.61. The van der Waals surface area contributed by atoms with E-state index in [1.54, 1.807) is 0 Å². The predicted octanol–water partition coefficient (Wildman–Crippen LogP) is 1.33. The summed E-state index contributed by atoms with van der Waals surface area (Å²) in [7, 11) is 0. The minimum absolute atomic E-state index is 0.135. The summed E-state index contributed by atoms with van der Waals surface area (Å²) < 4.78 is 5.72. The number of ether oxygens (including phenoxy) is 1. The second kappa shape index (κ2) is 8.81. The van der Waals surface area contributed by atoms with Gasteiger partial charge < -0.3 is 14.9 Å². The average molecular weight is 336 g/mol. The van der Waals surface area contributed by atoms with Gasteiger partial charge >= 0.3 is 0 Å². The van der Waals surface area contributed by atoms with Crippen molar-refractivity contribution in [3.8, 4) is 5.75 Å². The molecule has 5 heteroatoms. The highest BCUT2D eigenvalue weighted by atomic mass is 16.5. The van der Waals surface area contributed by atoms with Crippen LogP contribution in [0.2, 0.25) is 0 Å². The summed E-state index contributed by atoms with van der Waals surface area (Å²) >= 11 is 0. The molecular formula is C19H32N2O3. The highest BCUT2D eigenvalue weighted by Crippen LogP contribution is 2.24. The third-order valence-corrected chi connectivity index (χ3v) is 4.51. The molecule has 136 valence electrons. The standard InChI is InChI=1S/C19H32N2O3/c1-19(2,3)16-4-6-18(7-5-16)24-15-17(23)14-21-10-8-20(9-11-21)12-13-22/h4-7,17,22-23H,8-15H2,1-3H3/t17-/m0/s1. The van der Waals surface area contributed by atoms with Crippen LogP contribution in [-0.4, -0.2) is 78.6 Å². The van der Waals surface area contributed by atoms with Gasteiger partial charge in [0.1, 0.15) is 18.5 Å². The van der Waals surface area contributed by atoms with Crippen molar-refractivity contribution in [2.24, 2.45) is 0 Å². The van der Waals surface area contributed by atoms with Crippen LogP contribution in [0.3, 0.4) is 0 Å². The van der Waals surface area contributed by atoms with Gasteiger partial charge in [-0.2, -0.15) is 0 Å². The fourth-order valence-corrected chi connectivity index (χ4v) is 2.93. The molecule has 1 fully saturated rings. The van der Waals surface area contributed by atoms with Gasteiger partial charge in [0, 0.05) is 39.3 Å². The van der Waals surface area contributed by atoms with Crippen LogP contribution in [0.1, 0.15) is 26.3 Å². The first-order valence-corrected chi connectivity index (χ1v) is 8.85. The molecular weight excluding hydrogens is 304 g/mol. The molecule has 1 heterocycles. The number of benzene rings is 1. The Morgan fingerprint density at radius 1 is 1.04 bits per heavy atom. The van der Waals surface area contributed by atoms with E-state index in [2.05, 4.69) is 42.7 Å². The molecule has 2 rings (SSSR count). The molecule has 5 nitrogen and oxygen atoms in total. The number of aliphatic hydroxyl groups is 2. The fraction of sp³-hybridized carbons (Fsp3) is 0.684. The van der Waals surface area contributed by atoms with Crippen molar-refractivity contribution in [2.75, 3.05) is 52.5 Å². The van der Waals surface area contributed by atoms with Crippen molar-refractivity contribution in [3.63, 3.8) is 0 Å². The monoisotopic (exact) mass is 336 g/mol. The lowest BCUT2D eigenvalue weighted by atomic mass is 9.87. The first-order valence-electron chi connectivity index (χ1n) is 8.85. The van der Waals surface area contributed by atoms with Crippen molar-refractivity contribution in [3.05, 3.63) is 29.8 Å². The second-order valence-corrected chi connectivity index (χ2v) is 7.61. The Kier molecular flexibility index (Phi) is 7.04. The molecule has 1 aliphatic heterocycles.